The predicted molar refractivity (Wildman–Crippen MR) is 76.8 cm³/mol. The third-order valence-corrected chi connectivity index (χ3v) is 3.53. The highest BCUT2D eigenvalue weighted by atomic mass is 32.1. The topological polar surface area (TPSA) is 29.9 Å². The van der Waals surface area contributed by atoms with Gasteiger partial charge in [0.1, 0.15) is 0 Å². The molecule has 0 amide bonds. The quantitative estimate of drug-likeness (QED) is 0.898. The lowest BCUT2D eigenvalue weighted by molar-refractivity contribution is 0.411. The number of nitrogens with zero attached hydrogens (tertiary/aromatic N) is 2. The van der Waals surface area contributed by atoms with E-state index in [1.54, 1.807) is 11.3 Å². The molecule has 0 bridgehead atoms. The van der Waals surface area contributed by atoms with Gasteiger partial charge in [-0.25, -0.2) is 0 Å². The Labute approximate surface area is 113 Å². The molecule has 1 N–H and O–H groups in total. The van der Waals surface area contributed by atoms with Gasteiger partial charge in [0, 0.05) is 24.8 Å². The van der Waals surface area contributed by atoms with E-state index >= 15 is 0 Å². The van der Waals surface area contributed by atoms with E-state index in [0.29, 0.717) is 0 Å². The van der Waals surface area contributed by atoms with Crippen LogP contribution in [0.25, 0.3) is 0 Å². The van der Waals surface area contributed by atoms with Crippen molar-refractivity contribution in [2.75, 3.05) is 0 Å². The number of nitrogens with one attached hydrogen (secondary N) is 1. The molecule has 3 nitrogen and oxygen atoms in total. The van der Waals surface area contributed by atoms with Gasteiger partial charge in [-0.1, -0.05) is 0 Å². The van der Waals surface area contributed by atoms with E-state index < -0.39 is 0 Å². The average molecular weight is 263 g/mol. The van der Waals surface area contributed by atoms with Gasteiger partial charge in [-0.3, -0.25) is 4.68 Å². The summed E-state index contributed by atoms with van der Waals surface area (Å²) in [6, 6.07) is 4.27. The minimum absolute atomic E-state index is 0.141. The SMILES string of the molecule is CC(C)(C)NCc1ccnn1CCc1ccsc1. The summed E-state index contributed by atoms with van der Waals surface area (Å²) in [6.45, 7) is 8.36. The molecule has 2 aromatic heterocycles. The first-order chi connectivity index (χ1) is 8.54. The van der Waals surface area contributed by atoms with Gasteiger partial charge in [-0.2, -0.15) is 16.4 Å². The molecule has 2 aromatic rings. The second-order valence-electron chi connectivity index (χ2n) is 5.53. The summed E-state index contributed by atoms with van der Waals surface area (Å²) < 4.78 is 2.09. The van der Waals surface area contributed by atoms with Crippen molar-refractivity contribution in [3.05, 3.63) is 40.3 Å². The molecule has 0 aliphatic heterocycles. The summed E-state index contributed by atoms with van der Waals surface area (Å²) in [5.74, 6) is 0. The Balaban J connectivity index is 1.91. The van der Waals surface area contributed by atoms with Crippen LogP contribution in [0.1, 0.15) is 32.0 Å². The Morgan fingerprint density at radius 3 is 2.83 bits per heavy atom. The van der Waals surface area contributed by atoms with E-state index in [9.17, 15) is 0 Å². The first-order valence-corrected chi connectivity index (χ1v) is 7.26. The molecule has 18 heavy (non-hydrogen) atoms. The maximum atomic E-state index is 4.40. The van der Waals surface area contributed by atoms with E-state index in [1.165, 1.54) is 11.3 Å². The minimum atomic E-state index is 0.141. The van der Waals surface area contributed by atoms with Crippen LogP contribution in [0.15, 0.2) is 29.1 Å². The van der Waals surface area contributed by atoms with Crippen molar-refractivity contribution in [2.24, 2.45) is 0 Å². The summed E-state index contributed by atoms with van der Waals surface area (Å²) >= 11 is 1.75. The Kier molecular flexibility index (Phi) is 4.19. The van der Waals surface area contributed by atoms with Crippen LogP contribution in [0.3, 0.4) is 0 Å². The first-order valence-electron chi connectivity index (χ1n) is 6.31. The number of hydrogen-bond acceptors (Lipinski definition) is 3. The second kappa shape index (κ2) is 5.67. The summed E-state index contributed by atoms with van der Waals surface area (Å²) in [5.41, 5.74) is 2.79. The monoisotopic (exact) mass is 263 g/mol. The largest absolute Gasteiger partial charge is 0.306 e. The number of aryl methyl sites for hydroxylation is 2. The van der Waals surface area contributed by atoms with E-state index in [1.807, 2.05) is 6.20 Å². The molecule has 0 atom stereocenters. The Hall–Kier alpha value is -1.13. The molecule has 0 aliphatic carbocycles. The summed E-state index contributed by atoms with van der Waals surface area (Å²) in [6.07, 6.45) is 2.93. The molecule has 0 aliphatic rings. The standard InChI is InChI=1S/C14H21N3S/c1-14(2,3)15-10-13-4-7-16-17(13)8-5-12-6-9-18-11-12/h4,6-7,9,11,15H,5,8,10H2,1-3H3. The zero-order valence-corrected chi connectivity index (χ0v) is 12.1. The fourth-order valence-corrected chi connectivity index (χ4v) is 2.44. The first kappa shape index (κ1) is 13.3. The van der Waals surface area contributed by atoms with Gasteiger partial charge in [0.15, 0.2) is 0 Å². The van der Waals surface area contributed by atoms with Crippen LogP contribution in [0.5, 0.6) is 0 Å². The Bertz CT molecular complexity index is 465. The van der Waals surface area contributed by atoms with Crippen LogP contribution in [0.2, 0.25) is 0 Å². The van der Waals surface area contributed by atoms with Crippen LogP contribution in [-0.4, -0.2) is 15.3 Å². The van der Waals surface area contributed by atoms with E-state index in [4.69, 9.17) is 0 Å². The maximum absolute atomic E-state index is 4.40. The lowest BCUT2D eigenvalue weighted by Gasteiger charge is -2.20. The molecule has 0 spiro atoms. The lowest BCUT2D eigenvalue weighted by atomic mass is 10.1. The zero-order chi connectivity index (χ0) is 13.0. The summed E-state index contributed by atoms with van der Waals surface area (Å²) in [5, 5.41) is 12.2. The highest BCUT2D eigenvalue weighted by Gasteiger charge is 2.10. The molecule has 2 rings (SSSR count). The molecule has 0 aromatic carbocycles. The number of rotatable bonds is 5. The van der Waals surface area contributed by atoms with Gasteiger partial charge in [0.25, 0.3) is 0 Å². The van der Waals surface area contributed by atoms with Crippen LogP contribution in [-0.2, 0) is 19.5 Å². The highest BCUT2D eigenvalue weighted by Crippen LogP contribution is 2.09. The minimum Gasteiger partial charge on any atom is -0.306 e. The molecular weight excluding hydrogens is 242 g/mol. The van der Waals surface area contributed by atoms with Gasteiger partial charge in [-0.05, 0) is 55.6 Å². The zero-order valence-electron chi connectivity index (χ0n) is 11.3. The van der Waals surface area contributed by atoms with Crippen molar-refractivity contribution < 1.29 is 0 Å². The Morgan fingerprint density at radius 2 is 2.17 bits per heavy atom. The van der Waals surface area contributed by atoms with Crippen molar-refractivity contribution >= 4 is 11.3 Å². The van der Waals surface area contributed by atoms with E-state index in [0.717, 1.165) is 19.5 Å². The molecule has 0 saturated carbocycles. The molecule has 0 saturated heterocycles. The van der Waals surface area contributed by atoms with Gasteiger partial charge < -0.3 is 5.32 Å². The molecule has 0 fully saturated rings. The third kappa shape index (κ3) is 3.96. The van der Waals surface area contributed by atoms with Crippen molar-refractivity contribution in [1.82, 2.24) is 15.1 Å². The van der Waals surface area contributed by atoms with E-state index in [2.05, 4.69) is 58.8 Å². The van der Waals surface area contributed by atoms with Crippen LogP contribution in [0, 0.1) is 0 Å². The van der Waals surface area contributed by atoms with Crippen molar-refractivity contribution in [2.45, 2.75) is 45.8 Å². The summed E-state index contributed by atoms with van der Waals surface area (Å²) in [7, 11) is 0. The Morgan fingerprint density at radius 1 is 1.33 bits per heavy atom. The fourth-order valence-electron chi connectivity index (χ4n) is 1.74. The smallest absolute Gasteiger partial charge is 0.0522 e. The molecule has 0 radical (unpaired) electrons. The summed E-state index contributed by atoms with van der Waals surface area (Å²) in [4.78, 5) is 0. The van der Waals surface area contributed by atoms with Gasteiger partial charge in [0.2, 0.25) is 0 Å². The lowest BCUT2D eigenvalue weighted by Crippen LogP contribution is -2.35. The van der Waals surface area contributed by atoms with Gasteiger partial charge >= 0.3 is 0 Å². The van der Waals surface area contributed by atoms with Crippen LogP contribution in [0.4, 0.5) is 0 Å². The highest BCUT2D eigenvalue weighted by molar-refractivity contribution is 7.07. The van der Waals surface area contributed by atoms with E-state index in [-0.39, 0.29) is 5.54 Å². The average Bonchev–Trinajstić information content (AvgIpc) is 2.94. The number of thiophene rings is 1. The van der Waals surface area contributed by atoms with Crippen LogP contribution < -0.4 is 5.32 Å². The van der Waals surface area contributed by atoms with Crippen molar-refractivity contribution in [3.8, 4) is 0 Å². The van der Waals surface area contributed by atoms with Crippen molar-refractivity contribution in [1.29, 1.82) is 0 Å². The number of aromatic nitrogens is 2. The second-order valence-corrected chi connectivity index (χ2v) is 6.31. The van der Waals surface area contributed by atoms with Crippen molar-refractivity contribution in [3.63, 3.8) is 0 Å². The molecule has 98 valence electrons. The number of hydrogen-bond donors (Lipinski definition) is 1. The fraction of sp³-hybridized carbons (Fsp3) is 0.500. The normalized spacial score (nSPS) is 11.9. The van der Waals surface area contributed by atoms with Gasteiger partial charge in [0.05, 0.1) is 5.69 Å². The molecule has 4 heteroatoms. The molecular formula is C14H21N3S. The molecule has 2 heterocycles. The van der Waals surface area contributed by atoms with Crippen LogP contribution >= 0.6 is 11.3 Å². The molecule has 0 unspecified atom stereocenters. The third-order valence-electron chi connectivity index (χ3n) is 2.80. The van der Waals surface area contributed by atoms with Gasteiger partial charge in [-0.15, -0.1) is 0 Å². The maximum Gasteiger partial charge on any atom is 0.0522 e. The predicted octanol–water partition coefficient (Wildman–Crippen LogP) is 3.08.